The maximum absolute atomic E-state index is 11.8. The van der Waals surface area contributed by atoms with Gasteiger partial charge in [-0.2, -0.15) is 11.8 Å². The van der Waals surface area contributed by atoms with Crippen molar-refractivity contribution in [3.63, 3.8) is 0 Å². The van der Waals surface area contributed by atoms with Gasteiger partial charge in [0.1, 0.15) is 0 Å². The Morgan fingerprint density at radius 1 is 1.62 bits per heavy atom. The number of hydrogen-bond acceptors (Lipinski definition) is 3. The summed E-state index contributed by atoms with van der Waals surface area (Å²) in [5, 5.41) is 0. The van der Waals surface area contributed by atoms with Gasteiger partial charge in [-0.1, -0.05) is 13.8 Å². The number of likely N-dealkylation sites (N-methyl/N-ethyl adjacent to an activating group) is 1. The molecule has 1 rings (SSSR count). The molecule has 2 nitrogen and oxygen atoms in total. The van der Waals surface area contributed by atoms with E-state index in [1.165, 1.54) is 5.75 Å². The minimum Gasteiger partial charge on any atom is -0.298 e. The average Bonchev–Trinajstić information content (AvgIpc) is 2.03. The molecule has 1 aliphatic rings. The summed E-state index contributed by atoms with van der Waals surface area (Å²) in [6.45, 7) is 5.26. The number of Topliss-reactive ketones (excluding diaryl/α,β-unsaturated/α-hetero) is 1. The molecule has 0 aliphatic carbocycles. The summed E-state index contributed by atoms with van der Waals surface area (Å²) in [4.78, 5) is 14.0. The molecule has 0 spiro atoms. The lowest BCUT2D eigenvalue weighted by Gasteiger charge is -2.31. The minimum atomic E-state index is 0.182. The van der Waals surface area contributed by atoms with E-state index in [1.54, 1.807) is 0 Å². The van der Waals surface area contributed by atoms with Crippen LogP contribution in [0.25, 0.3) is 0 Å². The topological polar surface area (TPSA) is 20.3 Å². The number of rotatable bonds is 3. The fourth-order valence-electron chi connectivity index (χ4n) is 1.56. The summed E-state index contributed by atoms with van der Waals surface area (Å²) in [6.07, 6.45) is 0.732. The molecular formula is C10H19NOS. The first-order chi connectivity index (χ1) is 6.11. The molecule has 1 saturated heterocycles. The zero-order valence-electron chi connectivity index (χ0n) is 8.75. The van der Waals surface area contributed by atoms with Gasteiger partial charge in [0.15, 0.2) is 5.78 Å². The van der Waals surface area contributed by atoms with E-state index in [-0.39, 0.29) is 6.04 Å². The van der Waals surface area contributed by atoms with Crippen molar-refractivity contribution in [2.75, 3.05) is 25.1 Å². The van der Waals surface area contributed by atoms with Crippen LogP contribution in [0.15, 0.2) is 0 Å². The Kier molecular flexibility index (Phi) is 4.26. The second kappa shape index (κ2) is 5.01. The average molecular weight is 201 g/mol. The van der Waals surface area contributed by atoms with Gasteiger partial charge < -0.3 is 0 Å². The SMILES string of the molecule is CC(C)CC(=O)C1CSCCN1C. The molecule has 0 aromatic rings. The van der Waals surface area contributed by atoms with Crippen LogP contribution < -0.4 is 0 Å². The third-order valence-electron chi connectivity index (χ3n) is 2.38. The van der Waals surface area contributed by atoms with Gasteiger partial charge in [-0.3, -0.25) is 9.69 Å². The van der Waals surface area contributed by atoms with Crippen LogP contribution in [0.1, 0.15) is 20.3 Å². The molecule has 1 fully saturated rings. The zero-order chi connectivity index (χ0) is 9.84. The highest BCUT2D eigenvalue weighted by molar-refractivity contribution is 7.99. The largest absolute Gasteiger partial charge is 0.298 e. The minimum absolute atomic E-state index is 0.182. The monoisotopic (exact) mass is 201 g/mol. The second-order valence-electron chi connectivity index (χ2n) is 4.14. The van der Waals surface area contributed by atoms with Crippen molar-refractivity contribution in [2.24, 2.45) is 5.92 Å². The molecule has 1 atom stereocenters. The Balaban J connectivity index is 2.44. The summed E-state index contributed by atoms with van der Waals surface area (Å²) < 4.78 is 0. The standard InChI is InChI=1S/C10H19NOS/c1-8(2)6-10(12)9-7-13-5-4-11(9)3/h8-9H,4-7H2,1-3H3. The summed E-state index contributed by atoms with van der Waals surface area (Å²) in [5.74, 6) is 3.07. The number of thioether (sulfide) groups is 1. The second-order valence-corrected chi connectivity index (χ2v) is 5.29. The van der Waals surface area contributed by atoms with Crippen LogP contribution in [-0.2, 0) is 4.79 Å². The maximum Gasteiger partial charge on any atom is 0.151 e. The van der Waals surface area contributed by atoms with Crippen LogP contribution in [0, 0.1) is 5.92 Å². The lowest BCUT2D eigenvalue weighted by molar-refractivity contribution is -0.123. The van der Waals surface area contributed by atoms with Crippen molar-refractivity contribution in [1.29, 1.82) is 0 Å². The molecule has 0 bridgehead atoms. The summed E-state index contributed by atoms with van der Waals surface area (Å²) >= 11 is 1.90. The van der Waals surface area contributed by atoms with Crippen molar-refractivity contribution >= 4 is 17.5 Å². The molecule has 1 heterocycles. The third kappa shape index (κ3) is 3.31. The van der Waals surface area contributed by atoms with Gasteiger partial charge in [0.2, 0.25) is 0 Å². The molecule has 1 unspecified atom stereocenters. The molecule has 0 amide bonds. The van der Waals surface area contributed by atoms with Crippen molar-refractivity contribution in [3.05, 3.63) is 0 Å². The van der Waals surface area contributed by atoms with E-state index in [4.69, 9.17) is 0 Å². The van der Waals surface area contributed by atoms with Crippen LogP contribution in [0.4, 0.5) is 0 Å². The smallest absolute Gasteiger partial charge is 0.151 e. The van der Waals surface area contributed by atoms with Crippen molar-refractivity contribution in [2.45, 2.75) is 26.3 Å². The van der Waals surface area contributed by atoms with Crippen LogP contribution >= 0.6 is 11.8 Å². The molecule has 13 heavy (non-hydrogen) atoms. The molecule has 0 aromatic carbocycles. The van der Waals surface area contributed by atoms with Gasteiger partial charge in [0, 0.05) is 24.5 Å². The highest BCUT2D eigenvalue weighted by atomic mass is 32.2. The molecule has 0 saturated carbocycles. The summed E-state index contributed by atoms with van der Waals surface area (Å²) in [6, 6.07) is 0.182. The first kappa shape index (κ1) is 11.1. The fraction of sp³-hybridized carbons (Fsp3) is 0.900. The number of nitrogens with zero attached hydrogens (tertiary/aromatic N) is 1. The van der Waals surface area contributed by atoms with Crippen LogP contribution in [0.5, 0.6) is 0 Å². The van der Waals surface area contributed by atoms with Gasteiger partial charge in [-0.05, 0) is 13.0 Å². The van der Waals surface area contributed by atoms with E-state index in [2.05, 4.69) is 25.8 Å². The predicted molar refractivity (Wildman–Crippen MR) is 58.2 cm³/mol. The first-order valence-electron chi connectivity index (χ1n) is 4.92. The fourth-order valence-corrected chi connectivity index (χ4v) is 2.81. The number of hydrogen-bond donors (Lipinski definition) is 0. The Morgan fingerprint density at radius 3 is 2.85 bits per heavy atom. The summed E-state index contributed by atoms with van der Waals surface area (Å²) in [5.41, 5.74) is 0. The van der Waals surface area contributed by atoms with E-state index in [9.17, 15) is 4.79 Å². The van der Waals surface area contributed by atoms with Gasteiger partial charge in [-0.25, -0.2) is 0 Å². The normalized spacial score (nSPS) is 25.1. The maximum atomic E-state index is 11.8. The van der Waals surface area contributed by atoms with Gasteiger partial charge in [0.05, 0.1) is 6.04 Å². The Hall–Kier alpha value is -0.0200. The lowest BCUT2D eigenvalue weighted by atomic mass is 10.0. The molecule has 1 aliphatic heterocycles. The quantitative estimate of drug-likeness (QED) is 0.692. The van der Waals surface area contributed by atoms with Crippen molar-refractivity contribution < 1.29 is 4.79 Å². The predicted octanol–water partition coefficient (Wildman–Crippen LogP) is 1.65. The van der Waals surface area contributed by atoms with Crippen LogP contribution in [-0.4, -0.2) is 41.8 Å². The third-order valence-corrected chi connectivity index (χ3v) is 3.40. The Bertz CT molecular complexity index is 182. The molecule has 0 aromatic heterocycles. The zero-order valence-corrected chi connectivity index (χ0v) is 9.56. The molecular weight excluding hydrogens is 182 g/mol. The highest BCUT2D eigenvalue weighted by Crippen LogP contribution is 2.17. The van der Waals surface area contributed by atoms with Gasteiger partial charge in [0.25, 0.3) is 0 Å². The van der Waals surface area contributed by atoms with Crippen LogP contribution in [0.3, 0.4) is 0 Å². The molecule has 76 valence electrons. The van der Waals surface area contributed by atoms with E-state index >= 15 is 0 Å². The summed E-state index contributed by atoms with van der Waals surface area (Å²) in [7, 11) is 2.06. The Labute approximate surface area is 85.1 Å². The van der Waals surface area contributed by atoms with Gasteiger partial charge >= 0.3 is 0 Å². The highest BCUT2D eigenvalue weighted by Gasteiger charge is 2.25. The first-order valence-corrected chi connectivity index (χ1v) is 6.07. The molecule has 3 heteroatoms. The van der Waals surface area contributed by atoms with Gasteiger partial charge in [-0.15, -0.1) is 0 Å². The van der Waals surface area contributed by atoms with E-state index in [0.717, 1.165) is 18.7 Å². The van der Waals surface area contributed by atoms with Crippen molar-refractivity contribution in [1.82, 2.24) is 4.90 Å². The molecule has 0 radical (unpaired) electrons. The molecule has 0 N–H and O–H groups in total. The lowest BCUT2D eigenvalue weighted by Crippen LogP contribution is -2.45. The van der Waals surface area contributed by atoms with E-state index in [0.29, 0.717) is 11.7 Å². The van der Waals surface area contributed by atoms with Crippen LogP contribution in [0.2, 0.25) is 0 Å². The van der Waals surface area contributed by atoms with E-state index in [1.807, 2.05) is 11.8 Å². The van der Waals surface area contributed by atoms with Crippen molar-refractivity contribution in [3.8, 4) is 0 Å². The Morgan fingerprint density at radius 2 is 2.31 bits per heavy atom. The van der Waals surface area contributed by atoms with E-state index < -0.39 is 0 Å². The number of carbonyl (C=O) groups is 1. The number of ketones is 1. The number of carbonyl (C=O) groups excluding carboxylic acids is 1.